The summed E-state index contributed by atoms with van der Waals surface area (Å²) in [6.07, 6.45) is 0. The van der Waals surface area contributed by atoms with Crippen molar-refractivity contribution in [1.82, 2.24) is 9.78 Å². The number of aryl methyl sites for hydroxylation is 1. The summed E-state index contributed by atoms with van der Waals surface area (Å²) in [6.45, 7) is 1.95. The first-order chi connectivity index (χ1) is 15.0. The Hall–Kier alpha value is -4.09. The topological polar surface area (TPSA) is 100 Å². The number of nitriles is 1. The number of nitrogens with one attached hydrogen (secondary N) is 1. The molecule has 0 saturated heterocycles. The van der Waals surface area contributed by atoms with Crippen LogP contribution in [0.1, 0.15) is 21.6 Å². The van der Waals surface area contributed by atoms with Crippen LogP contribution in [0.3, 0.4) is 0 Å². The molecule has 154 valence electrons. The number of hydrogen-bond donors (Lipinski definition) is 2. The quantitative estimate of drug-likeness (QED) is 0.434. The number of ether oxygens (including phenoxy) is 1. The molecular formula is C23H18N4O3S. The minimum absolute atomic E-state index is 0.0478. The van der Waals surface area contributed by atoms with Crippen LogP contribution in [-0.2, 0) is 0 Å². The van der Waals surface area contributed by atoms with Gasteiger partial charge in [0.25, 0.3) is 0 Å². The molecule has 0 saturated carbocycles. The van der Waals surface area contributed by atoms with Gasteiger partial charge in [-0.25, -0.2) is 9.48 Å². The molecule has 0 radical (unpaired) electrons. The zero-order valence-electron chi connectivity index (χ0n) is 16.8. The van der Waals surface area contributed by atoms with Crippen LogP contribution in [0.4, 0.5) is 11.5 Å². The standard InChI is InChI=1S/C23H18N4O3S/c1-14-5-3-4-6-20(14)27-22(21(19(12-24)26-27)15-9-10-31-13-15)25-18-8-7-16(30-2)11-17(18)23(28)29/h3-11,13,25H,1-2H3,(H,28,29). The highest BCUT2D eigenvalue weighted by Crippen LogP contribution is 2.38. The lowest BCUT2D eigenvalue weighted by Gasteiger charge is -2.15. The van der Waals surface area contributed by atoms with Crippen molar-refractivity contribution < 1.29 is 14.6 Å². The van der Waals surface area contributed by atoms with Crippen LogP contribution >= 0.6 is 11.3 Å². The minimum Gasteiger partial charge on any atom is -0.497 e. The fourth-order valence-corrected chi connectivity index (χ4v) is 3.98. The highest BCUT2D eigenvalue weighted by molar-refractivity contribution is 7.08. The Labute approximate surface area is 182 Å². The predicted octanol–water partition coefficient (Wildman–Crippen LogP) is 5.23. The SMILES string of the molecule is COc1ccc(Nc2c(-c3ccsc3)c(C#N)nn2-c2ccccc2C)c(C(=O)O)c1. The van der Waals surface area contributed by atoms with E-state index in [1.807, 2.05) is 48.0 Å². The second-order valence-corrected chi connectivity index (χ2v) is 7.52. The van der Waals surface area contributed by atoms with Crippen molar-refractivity contribution in [1.29, 1.82) is 5.26 Å². The number of carboxylic acids is 1. The number of carbonyl (C=O) groups is 1. The van der Waals surface area contributed by atoms with E-state index in [4.69, 9.17) is 4.74 Å². The van der Waals surface area contributed by atoms with Crippen molar-refractivity contribution in [2.45, 2.75) is 6.92 Å². The third-order valence-corrected chi connectivity index (χ3v) is 5.54. The molecule has 0 unspecified atom stereocenters. The lowest BCUT2D eigenvalue weighted by Crippen LogP contribution is -2.08. The summed E-state index contributed by atoms with van der Waals surface area (Å²) < 4.78 is 6.82. The van der Waals surface area contributed by atoms with Gasteiger partial charge in [0.15, 0.2) is 5.69 Å². The molecule has 7 nitrogen and oxygen atoms in total. The Morgan fingerprint density at radius 3 is 2.71 bits per heavy atom. The van der Waals surface area contributed by atoms with E-state index >= 15 is 0 Å². The Balaban J connectivity index is 1.97. The molecule has 0 aliphatic rings. The van der Waals surface area contributed by atoms with Gasteiger partial charge < -0.3 is 15.2 Å². The lowest BCUT2D eigenvalue weighted by molar-refractivity contribution is 0.0697. The molecular weight excluding hydrogens is 412 g/mol. The largest absolute Gasteiger partial charge is 0.497 e. The van der Waals surface area contributed by atoms with E-state index in [0.717, 1.165) is 16.8 Å². The highest BCUT2D eigenvalue weighted by atomic mass is 32.1. The van der Waals surface area contributed by atoms with Crippen molar-refractivity contribution in [3.63, 3.8) is 0 Å². The number of para-hydroxylation sites is 1. The van der Waals surface area contributed by atoms with Crippen LogP contribution in [0.25, 0.3) is 16.8 Å². The zero-order valence-corrected chi connectivity index (χ0v) is 17.6. The second-order valence-electron chi connectivity index (χ2n) is 6.74. The normalized spacial score (nSPS) is 10.5. The molecule has 4 aromatic rings. The summed E-state index contributed by atoms with van der Waals surface area (Å²) in [7, 11) is 1.48. The Bertz CT molecular complexity index is 1300. The molecule has 2 heterocycles. The summed E-state index contributed by atoms with van der Waals surface area (Å²) in [4.78, 5) is 11.9. The van der Waals surface area contributed by atoms with Gasteiger partial charge in [0, 0.05) is 0 Å². The van der Waals surface area contributed by atoms with Crippen molar-refractivity contribution in [3.8, 4) is 28.6 Å². The van der Waals surface area contributed by atoms with E-state index in [1.165, 1.54) is 24.5 Å². The monoisotopic (exact) mass is 430 g/mol. The molecule has 2 aromatic carbocycles. The van der Waals surface area contributed by atoms with Crippen molar-refractivity contribution in [2.75, 3.05) is 12.4 Å². The number of anilines is 2. The second kappa shape index (κ2) is 8.34. The third kappa shape index (κ3) is 3.74. The van der Waals surface area contributed by atoms with Gasteiger partial charge in [-0.3, -0.25) is 0 Å². The van der Waals surface area contributed by atoms with Crippen LogP contribution in [0.5, 0.6) is 5.75 Å². The molecule has 31 heavy (non-hydrogen) atoms. The van der Waals surface area contributed by atoms with E-state index < -0.39 is 5.97 Å². The average Bonchev–Trinajstić information content (AvgIpc) is 3.42. The van der Waals surface area contributed by atoms with Gasteiger partial charge in [-0.05, 0) is 59.1 Å². The minimum atomic E-state index is -1.10. The highest BCUT2D eigenvalue weighted by Gasteiger charge is 2.23. The average molecular weight is 430 g/mol. The van der Waals surface area contributed by atoms with E-state index in [2.05, 4.69) is 16.5 Å². The summed E-state index contributed by atoms with van der Waals surface area (Å²) in [6, 6.07) is 16.5. The van der Waals surface area contributed by atoms with Crippen LogP contribution in [0.2, 0.25) is 0 Å². The van der Waals surface area contributed by atoms with Gasteiger partial charge in [-0.1, -0.05) is 18.2 Å². The number of hydrogen-bond acceptors (Lipinski definition) is 6. The Morgan fingerprint density at radius 2 is 2.06 bits per heavy atom. The maximum Gasteiger partial charge on any atom is 0.337 e. The van der Waals surface area contributed by atoms with E-state index in [0.29, 0.717) is 22.8 Å². The molecule has 0 amide bonds. The molecule has 4 rings (SSSR count). The van der Waals surface area contributed by atoms with Crippen LogP contribution in [-0.4, -0.2) is 28.0 Å². The van der Waals surface area contributed by atoms with Crippen LogP contribution < -0.4 is 10.1 Å². The van der Waals surface area contributed by atoms with Gasteiger partial charge in [0.05, 0.1) is 29.6 Å². The molecule has 8 heteroatoms. The summed E-state index contributed by atoms with van der Waals surface area (Å²) in [5, 5.41) is 31.1. The predicted molar refractivity (Wildman–Crippen MR) is 120 cm³/mol. The first kappa shape index (κ1) is 20.2. The summed E-state index contributed by atoms with van der Waals surface area (Å²) in [5.41, 5.74) is 3.84. The van der Waals surface area contributed by atoms with Gasteiger partial charge in [-0.2, -0.15) is 21.7 Å². The van der Waals surface area contributed by atoms with Crippen molar-refractivity contribution in [2.24, 2.45) is 0 Å². The van der Waals surface area contributed by atoms with Crippen LogP contribution in [0, 0.1) is 18.3 Å². The lowest BCUT2D eigenvalue weighted by atomic mass is 10.1. The number of nitrogens with zero attached hydrogens (tertiary/aromatic N) is 3. The molecule has 2 N–H and O–H groups in total. The molecule has 0 aliphatic heterocycles. The zero-order chi connectivity index (χ0) is 22.0. The molecule has 2 aromatic heterocycles. The number of rotatable bonds is 6. The first-order valence-electron chi connectivity index (χ1n) is 9.33. The van der Waals surface area contributed by atoms with Gasteiger partial charge >= 0.3 is 5.97 Å². The van der Waals surface area contributed by atoms with E-state index in [1.54, 1.807) is 16.8 Å². The fraction of sp³-hybridized carbons (Fsp3) is 0.0870. The molecule has 0 fully saturated rings. The maximum atomic E-state index is 11.9. The number of aromatic carboxylic acids is 1. The van der Waals surface area contributed by atoms with Crippen molar-refractivity contribution >= 4 is 28.8 Å². The molecule has 0 spiro atoms. The number of thiophene rings is 1. The molecule has 0 atom stereocenters. The number of methoxy groups -OCH3 is 1. The summed E-state index contributed by atoms with van der Waals surface area (Å²) >= 11 is 1.50. The maximum absolute atomic E-state index is 11.9. The molecule has 0 bridgehead atoms. The van der Waals surface area contributed by atoms with Crippen molar-refractivity contribution in [3.05, 3.63) is 76.1 Å². The van der Waals surface area contributed by atoms with E-state index in [-0.39, 0.29) is 11.3 Å². The number of aromatic nitrogens is 2. The number of carboxylic acid groups (broad SMARTS) is 1. The Morgan fingerprint density at radius 1 is 1.26 bits per heavy atom. The first-order valence-corrected chi connectivity index (χ1v) is 10.3. The van der Waals surface area contributed by atoms with Crippen LogP contribution in [0.15, 0.2) is 59.3 Å². The third-order valence-electron chi connectivity index (χ3n) is 4.86. The molecule has 0 aliphatic carbocycles. The fourth-order valence-electron chi connectivity index (χ4n) is 3.33. The van der Waals surface area contributed by atoms with E-state index in [9.17, 15) is 15.2 Å². The Kier molecular flexibility index (Phi) is 5.43. The van der Waals surface area contributed by atoms with Gasteiger partial charge in [0.1, 0.15) is 17.6 Å². The smallest absolute Gasteiger partial charge is 0.337 e. The van der Waals surface area contributed by atoms with Gasteiger partial charge in [0.2, 0.25) is 0 Å². The number of benzene rings is 2. The van der Waals surface area contributed by atoms with Gasteiger partial charge in [-0.15, -0.1) is 0 Å². The summed E-state index contributed by atoms with van der Waals surface area (Å²) in [5.74, 6) is -0.149.